The molecule has 0 unspecified atom stereocenters. The van der Waals surface area contributed by atoms with Crippen LogP contribution in [0.2, 0.25) is 0 Å². The molecule has 2 saturated carbocycles. The molecule has 4 aliphatic rings. The Labute approximate surface area is 348 Å². The van der Waals surface area contributed by atoms with Crippen LogP contribution in [0.5, 0.6) is 0 Å². The number of benzene rings is 4. The molecule has 13 rings (SSSR count). The minimum absolute atomic E-state index is 0.00758. The highest BCUT2D eigenvalue weighted by molar-refractivity contribution is 7.33. The quantitative estimate of drug-likeness (QED) is 0.174. The van der Waals surface area contributed by atoms with E-state index in [9.17, 15) is 19.2 Å². The Morgan fingerprint density at radius 3 is 1.47 bits per heavy atom. The van der Waals surface area contributed by atoms with Gasteiger partial charge in [-0.15, -0.1) is 34.0 Å². The van der Waals surface area contributed by atoms with E-state index in [-0.39, 0.29) is 43.3 Å². The van der Waals surface area contributed by atoms with Crippen LogP contribution < -0.4 is 32.4 Å². The van der Waals surface area contributed by atoms with Crippen LogP contribution in [0.4, 0.5) is 5.00 Å². The van der Waals surface area contributed by atoms with Crippen molar-refractivity contribution in [2.24, 2.45) is 9.98 Å². The predicted molar refractivity (Wildman–Crippen MR) is 243 cm³/mol. The van der Waals surface area contributed by atoms with Gasteiger partial charge in [-0.3, -0.25) is 19.2 Å². The van der Waals surface area contributed by atoms with Gasteiger partial charge in [0.05, 0.1) is 24.9 Å². The largest absolute Gasteiger partial charge is 0.287 e. The van der Waals surface area contributed by atoms with Gasteiger partial charge in [0.1, 0.15) is 5.00 Å². The Kier molecular flexibility index (Phi) is 7.03. The first kappa shape index (κ1) is 34.4. The maximum absolute atomic E-state index is 14.0. The number of nitrogens with zero attached hydrogens (tertiary/aromatic N) is 2. The van der Waals surface area contributed by atoms with E-state index >= 15 is 0 Å². The van der Waals surface area contributed by atoms with Gasteiger partial charge in [-0.1, -0.05) is 87.1 Å². The van der Waals surface area contributed by atoms with Crippen molar-refractivity contribution in [1.29, 1.82) is 0 Å². The molecule has 59 heavy (non-hydrogen) atoms. The van der Waals surface area contributed by atoms with Crippen molar-refractivity contribution in [2.75, 3.05) is 0 Å². The SMILES string of the molecule is O=c1c(=NC2=Cc3sc4c5c(sc4c3C23CCCCC3)-c2sc(N=c3c(=O)c4cc6ccccc6cc4c3=O)cc2C52CCCCC2)c(=O)c2cc3ccccc3cc12. The molecule has 9 heteroatoms. The summed E-state index contributed by atoms with van der Waals surface area (Å²) in [6.07, 6.45) is 13.0. The van der Waals surface area contributed by atoms with Crippen molar-refractivity contribution in [2.45, 2.75) is 75.0 Å². The van der Waals surface area contributed by atoms with Crippen LogP contribution in [0, 0.1) is 0 Å². The number of hydrogen-bond donors (Lipinski definition) is 0. The summed E-state index contributed by atoms with van der Waals surface area (Å²) in [5.41, 5.74) is 3.33. The molecular formula is C50H34N2O4S3. The van der Waals surface area contributed by atoms with Crippen molar-refractivity contribution in [3.8, 4) is 9.75 Å². The molecular weight excluding hydrogens is 789 g/mol. The summed E-state index contributed by atoms with van der Waals surface area (Å²) in [5.74, 6) is 0. The Morgan fingerprint density at radius 1 is 0.475 bits per heavy atom. The van der Waals surface area contributed by atoms with Crippen molar-refractivity contribution in [1.82, 2.24) is 0 Å². The first-order valence-corrected chi connectivity index (χ1v) is 23.2. The molecule has 3 heterocycles. The van der Waals surface area contributed by atoms with E-state index < -0.39 is 0 Å². The Bertz CT molecular complexity index is 3600. The number of allylic oxidation sites excluding steroid dienone is 1. The number of thiophene rings is 3. The highest BCUT2D eigenvalue weighted by atomic mass is 32.1. The van der Waals surface area contributed by atoms with Crippen LogP contribution in [-0.2, 0) is 10.8 Å². The molecule has 0 saturated heterocycles. The van der Waals surface area contributed by atoms with E-state index in [4.69, 9.17) is 9.98 Å². The third kappa shape index (κ3) is 4.50. The average Bonchev–Trinajstić information content (AvgIpc) is 4.11. The zero-order valence-corrected chi connectivity index (χ0v) is 34.4. The molecule has 0 N–H and O–H groups in total. The molecule has 0 amide bonds. The van der Waals surface area contributed by atoms with Crippen molar-refractivity contribution in [3.05, 3.63) is 158 Å². The molecule has 6 nitrogen and oxygen atoms in total. The van der Waals surface area contributed by atoms with Crippen LogP contribution in [0.25, 0.3) is 68.3 Å². The Hall–Kier alpha value is -5.48. The predicted octanol–water partition coefficient (Wildman–Crippen LogP) is 10.4. The lowest BCUT2D eigenvalue weighted by Crippen LogP contribution is -2.35. The third-order valence-electron chi connectivity index (χ3n) is 14.2. The minimum Gasteiger partial charge on any atom is -0.287 e. The molecule has 4 aliphatic carbocycles. The highest BCUT2D eigenvalue weighted by Gasteiger charge is 2.51. The lowest BCUT2D eigenvalue weighted by Gasteiger charge is -2.35. The van der Waals surface area contributed by atoms with Gasteiger partial charge in [-0.05, 0) is 89.2 Å². The fourth-order valence-corrected chi connectivity index (χ4v) is 15.9. The standard InChI is InChI=1S/C50H34N2O4S3/c53-41-29-19-25-11-3-4-12-26(25)20-30(29)42(54)39(41)51-35-24-34-37(50(35)17-9-2-10-18-50)46-48(57-34)38-47(59-46)45-33(49(38)15-7-1-8-16-49)23-36(58-45)52-40-43(55)31-21-27-13-5-6-14-28(27)22-32(31)44(40)56/h3-6,11-14,19-24H,1-2,7-10,15-18H2. The van der Waals surface area contributed by atoms with Crippen molar-refractivity contribution < 1.29 is 0 Å². The van der Waals surface area contributed by atoms with Gasteiger partial charge >= 0.3 is 0 Å². The molecule has 9 aromatic rings. The smallest absolute Gasteiger partial charge is 0.216 e. The maximum Gasteiger partial charge on any atom is 0.216 e. The first-order chi connectivity index (χ1) is 28.8. The first-order valence-electron chi connectivity index (χ1n) is 20.7. The summed E-state index contributed by atoms with van der Waals surface area (Å²) in [5, 5.41) is 6.28. The average molecular weight is 823 g/mol. The van der Waals surface area contributed by atoms with E-state index in [0.29, 0.717) is 26.5 Å². The Balaban J connectivity index is 0.985. The molecule has 286 valence electrons. The number of fused-ring (bicyclic) bond motifs is 14. The van der Waals surface area contributed by atoms with E-state index in [1.807, 2.05) is 95.5 Å². The maximum atomic E-state index is 14.0. The summed E-state index contributed by atoms with van der Waals surface area (Å²) >= 11 is 5.37. The lowest BCUT2D eigenvalue weighted by atomic mass is 9.68. The van der Waals surface area contributed by atoms with Crippen molar-refractivity contribution >= 4 is 97.6 Å². The zero-order chi connectivity index (χ0) is 39.4. The van der Waals surface area contributed by atoms with Crippen LogP contribution >= 0.6 is 34.0 Å². The van der Waals surface area contributed by atoms with Gasteiger partial charge in [-0.2, -0.15) is 0 Å². The van der Waals surface area contributed by atoms with Crippen LogP contribution in [-0.4, -0.2) is 0 Å². The van der Waals surface area contributed by atoms with E-state index in [1.165, 1.54) is 47.1 Å². The Morgan fingerprint density at radius 2 is 0.949 bits per heavy atom. The summed E-state index contributed by atoms with van der Waals surface area (Å²) in [7, 11) is 0. The second-order valence-electron chi connectivity index (χ2n) is 17.2. The van der Waals surface area contributed by atoms with Crippen LogP contribution in [0.1, 0.15) is 85.8 Å². The van der Waals surface area contributed by atoms with E-state index in [2.05, 4.69) is 12.1 Å². The zero-order valence-electron chi connectivity index (χ0n) is 31.9. The normalized spacial score (nSPS) is 17.8. The molecule has 0 atom stereocenters. The number of hydrogen-bond acceptors (Lipinski definition) is 9. The molecule has 2 spiro atoms. The molecule has 2 fully saturated rings. The van der Waals surface area contributed by atoms with Gasteiger partial charge in [0.25, 0.3) is 0 Å². The van der Waals surface area contributed by atoms with Gasteiger partial charge < -0.3 is 0 Å². The minimum atomic E-state index is -0.352. The highest BCUT2D eigenvalue weighted by Crippen LogP contribution is 2.67. The fourth-order valence-electron chi connectivity index (χ4n) is 11.4. The summed E-state index contributed by atoms with van der Waals surface area (Å²) < 4.78 is 2.69. The molecule has 0 aliphatic heterocycles. The van der Waals surface area contributed by atoms with Gasteiger partial charge in [0.15, 0.2) is 10.7 Å². The van der Waals surface area contributed by atoms with Gasteiger partial charge in [-0.25, -0.2) is 9.98 Å². The van der Waals surface area contributed by atoms with E-state index in [1.54, 1.807) is 11.3 Å². The van der Waals surface area contributed by atoms with Crippen LogP contribution in [0.3, 0.4) is 0 Å². The molecule has 3 aromatic heterocycles. The second-order valence-corrected chi connectivity index (χ2v) is 20.3. The molecule has 6 aromatic carbocycles. The van der Waals surface area contributed by atoms with E-state index in [0.717, 1.165) is 85.0 Å². The second kappa shape index (κ2) is 12.1. The summed E-state index contributed by atoms with van der Waals surface area (Å²) in [6, 6.07) is 25.2. The molecule has 0 radical (unpaired) electrons. The third-order valence-corrected chi connectivity index (χ3v) is 17.9. The van der Waals surface area contributed by atoms with Crippen molar-refractivity contribution in [3.63, 3.8) is 0 Å². The monoisotopic (exact) mass is 822 g/mol. The fraction of sp³-hybridized carbons (Fsp3) is 0.240. The topological polar surface area (TPSA) is 93.0 Å². The van der Waals surface area contributed by atoms with Gasteiger partial charge in [0.2, 0.25) is 21.7 Å². The van der Waals surface area contributed by atoms with Gasteiger partial charge in [0, 0.05) is 48.4 Å². The lowest BCUT2D eigenvalue weighted by molar-refractivity contribution is 0.345. The molecule has 0 bridgehead atoms. The summed E-state index contributed by atoms with van der Waals surface area (Å²) in [6.45, 7) is 0. The number of rotatable bonds is 2. The van der Waals surface area contributed by atoms with Crippen LogP contribution in [0.15, 0.2) is 114 Å². The summed E-state index contributed by atoms with van der Waals surface area (Å²) in [4.78, 5) is 69.1.